The predicted octanol–water partition coefficient (Wildman–Crippen LogP) is 4.64. The van der Waals surface area contributed by atoms with Crippen molar-refractivity contribution in [3.63, 3.8) is 0 Å². The molecule has 0 saturated carbocycles. The van der Waals surface area contributed by atoms with Crippen molar-refractivity contribution in [2.45, 2.75) is 39.4 Å². The van der Waals surface area contributed by atoms with Gasteiger partial charge >= 0.3 is 0 Å². The molecule has 2 N–H and O–H groups in total. The number of carbonyl (C=O) groups excluding carboxylic acids is 4. The number of Topliss-reactive ketones (excluding diaryl/α,β-unsaturated/α-hetero) is 1. The normalized spacial score (nSPS) is 15.6. The number of nitrogens with one attached hydrogen (secondary N) is 2. The zero-order valence-electron chi connectivity index (χ0n) is 24.2. The van der Waals surface area contributed by atoms with Gasteiger partial charge in [-0.3, -0.25) is 19.2 Å². The van der Waals surface area contributed by atoms with Crippen molar-refractivity contribution in [1.82, 2.24) is 10.6 Å². The number of fused-ring (bicyclic) bond motifs is 2. The number of aryl methyl sites for hydroxylation is 1. The van der Waals surface area contributed by atoms with Gasteiger partial charge in [-0.05, 0) is 67.9 Å². The molecule has 3 amide bonds. The molecule has 0 aromatic heterocycles. The SMILES string of the molecule is CNC(C)C(=O)NC1CN(C(=O)c2ccccc2C(C)=O)c2ccccc2N(Cc2c(C)ccc3ccccc23)C1=O. The summed E-state index contributed by atoms with van der Waals surface area (Å²) in [5.74, 6) is -1.36. The summed E-state index contributed by atoms with van der Waals surface area (Å²) in [7, 11) is 1.67. The average Bonchev–Trinajstić information content (AvgIpc) is 3.12. The maximum Gasteiger partial charge on any atom is 0.259 e. The minimum Gasteiger partial charge on any atom is -0.341 e. The van der Waals surface area contributed by atoms with Crippen molar-refractivity contribution in [1.29, 1.82) is 0 Å². The van der Waals surface area contributed by atoms with Crippen molar-refractivity contribution in [3.8, 4) is 0 Å². The average molecular weight is 563 g/mol. The molecular formula is C34H34N4O4. The molecule has 8 nitrogen and oxygen atoms in total. The largest absolute Gasteiger partial charge is 0.341 e. The molecule has 1 aliphatic rings. The Labute approximate surface area is 245 Å². The first kappa shape index (κ1) is 28.7. The Hall–Kier alpha value is -4.82. The van der Waals surface area contributed by atoms with Crippen LogP contribution in [0.15, 0.2) is 84.9 Å². The maximum atomic E-state index is 14.4. The van der Waals surface area contributed by atoms with Crippen LogP contribution in [0, 0.1) is 6.92 Å². The zero-order valence-corrected chi connectivity index (χ0v) is 24.2. The van der Waals surface area contributed by atoms with Gasteiger partial charge in [-0.1, -0.05) is 66.7 Å². The number of anilines is 2. The topological polar surface area (TPSA) is 98.8 Å². The number of amides is 3. The molecule has 0 bridgehead atoms. The van der Waals surface area contributed by atoms with Gasteiger partial charge in [0.05, 0.1) is 36.1 Å². The fourth-order valence-electron chi connectivity index (χ4n) is 5.41. The Bertz CT molecular complexity index is 1700. The van der Waals surface area contributed by atoms with Gasteiger partial charge in [0, 0.05) is 5.56 Å². The quantitative estimate of drug-likeness (QED) is 0.320. The molecule has 214 valence electrons. The Kier molecular flexibility index (Phi) is 8.17. The Balaban J connectivity index is 1.66. The minimum atomic E-state index is -1.04. The van der Waals surface area contributed by atoms with Crippen LogP contribution in [-0.2, 0) is 16.1 Å². The number of ketones is 1. The summed E-state index contributed by atoms with van der Waals surface area (Å²) < 4.78 is 0. The van der Waals surface area contributed by atoms with Gasteiger partial charge < -0.3 is 20.4 Å². The van der Waals surface area contributed by atoms with Crippen LogP contribution in [-0.4, -0.2) is 49.2 Å². The molecule has 1 aliphatic heterocycles. The molecule has 42 heavy (non-hydrogen) atoms. The van der Waals surface area contributed by atoms with Crippen molar-refractivity contribution in [2.75, 3.05) is 23.4 Å². The molecular weight excluding hydrogens is 528 g/mol. The molecule has 0 fully saturated rings. The number of hydrogen-bond acceptors (Lipinski definition) is 5. The summed E-state index contributed by atoms with van der Waals surface area (Å²) in [5.41, 5.74) is 3.59. The van der Waals surface area contributed by atoms with Crippen molar-refractivity contribution < 1.29 is 19.2 Å². The highest BCUT2D eigenvalue weighted by Gasteiger charge is 2.38. The summed E-state index contributed by atoms with van der Waals surface area (Å²) in [6, 6.07) is 24.4. The van der Waals surface area contributed by atoms with E-state index < -0.39 is 18.0 Å². The third kappa shape index (κ3) is 5.41. The first-order valence-corrected chi connectivity index (χ1v) is 14.0. The summed E-state index contributed by atoms with van der Waals surface area (Å²) in [5, 5.41) is 7.87. The fourth-order valence-corrected chi connectivity index (χ4v) is 5.41. The van der Waals surface area contributed by atoms with Crippen LogP contribution < -0.4 is 20.4 Å². The molecule has 2 atom stereocenters. The highest BCUT2D eigenvalue weighted by Crippen LogP contribution is 2.36. The van der Waals surface area contributed by atoms with Gasteiger partial charge in [0.15, 0.2) is 5.78 Å². The van der Waals surface area contributed by atoms with Crippen LogP contribution in [0.25, 0.3) is 10.8 Å². The lowest BCUT2D eigenvalue weighted by molar-refractivity contribution is -0.128. The third-order valence-electron chi connectivity index (χ3n) is 7.91. The second kappa shape index (κ2) is 12.0. The van der Waals surface area contributed by atoms with Gasteiger partial charge in [-0.15, -0.1) is 0 Å². The van der Waals surface area contributed by atoms with Crippen LogP contribution in [0.2, 0.25) is 0 Å². The fraction of sp³-hybridized carbons (Fsp3) is 0.235. The second-order valence-electron chi connectivity index (χ2n) is 10.6. The standard InChI is InChI=1S/C34H34N4O4/c1-21-17-18-24-11-5-6-13-26(24)28(21)19-37-30-15-9-10-16-31(30)38(20-29(34(37)42)36-32(40)22(2)35-4)33(41)27-14-8-7-12-25(27)23(3)39/h5-18,22,29,35H,19-20H2,1-4H3,(H,36,40). The second-order valence-corrected chi connectivity index (χ2v) is 10.6. The van der Waals surface area contributed by atoms with E-state index in [1.807, 2.05) is 55.5 Å². The van der Waals surface area contributed by atoms with Gasteiger partial charge in [-0.2, -0.15) is 0 Å². The van der Waals surface area contributed by atoms with Crippen LogP contribution >= 0.6 is 0 Å². The summed E-state index contributed by atoms with van der Waals surface area (Å²) in [4.78, 5) is 57.2. The van der Waals surface area contributed by atoms with E-state index in [1.165, 1.54) is 11.8 Å². The third-order valence-corrected chi connectivity index (χ3v) is 7.91. The van der Waals surface area contributed by atoms with Gasteiger partial charge in [0.25, 0.3) is 11.8 Å². The number of carbonyl (C=O) groups is 4. The molecule has 2 unspecified atom stereocenters. The van der Waals surface area contributed by atoms with Crippen molar-refractivity contribution in [3.05, 3.63) is 107 Å². The Morgan fingerprint density at radius 2 is 1.52 bits per heavy atom. The molecule has 0 saturated heterocycles. The van der Waals surface area contributed by atoms with E-state index in [0.29, 0.717) is 16.9 Å². The van der Waals surface area contributed by atoms with E-state index in [4.69, 9.17) is 0 Å². The highest BCUT2D eigenvalue weighted by molar-refractivity contribution is 6.16. The molecule has 0 radical (unpaired) electrons. The first-order chi connectivity index (χ1) is 20.2. The van der Waals surface area contributed by atoms with Gasteiger partial charge in [0.1, 0.15) is 6.04 Å². The molecule has 0 aliphatic carbocycles. The number of hydrogen-bond donors (Lipinski definition) is 2. The van der Waals surface area contributed by atoms with Crippen molar-refractivity contribution in [2.24, 2.45) is 0 Å². The Morgan fingerprint density at radius 1 is 0.881 bits per heavy atom. The van der Waals surface area contributed by atoms with Crippen LogP contribution in [0.4, 0.5) is 11.4 Å². The lowest BCUT2D eigenvalue weighted by Gasteiger charge is -2.27. The number of nitrogens with zero attached hydrogens (tertiary/aromatic N) is 2. The van der Waals surface area contributed by atoms with Crippen molar-refractivity contribution >= 4 is 45.7 Å². The minimum absolute atomic E-state index is 0.103. The molecule has 4 aromatic carbocycles. The number of benzene rings is 4. The van der Waals surface area contributed by atoms with E-state index in [9.17, 15) is 19.2 Å². The smallest absolute Gasteiger partial charge is 0.259 e. The van der Waals surface area contributed by atoms with E-state index in [0.717, 1.165) is 21.9 Å². The summed E-state index contributed by atoms with van der Waals surface area (Å²) >= 11 is 0. The first-order valence-electron chi connectivity index (χ1n) is 14.0. The predicted molar refractivity (Wildman–Crippen MR) is 165 cm³/mol. The molecule has 1 heterocycles. The maximum absolute atomic E-state index is 14.4. The number of rotatable bonds is 7. The monoisotopic (exact) mass is 562 g/mol. The lowest BCUT2D eigenvalue weighted by Crippen LogP contribution is -2.55. The molecule has 0 spiro atoms. The van der Waals surface area contributed by atoms with E-state index in [-0.39, 0.29) is 36.3 Å². The highest BCUT2D eigenvalue weighted by atomic mass is 16.2. The summed E-state index contributed by atoms with van der Waals surface area (Å²) in [6.45, 7) is 5.27. The lowest BCUT2D eigenvalue weighted by atomic mass is 9.99. The van der Waals surface area contributed by atoms with Crippen LogP contribution in [0.1, 0.15) is 45.7 Å². The molecule has 5 rings (SSSR count). The number of likely N-dealkylation sites (N-methyl/N-ethyl adjacent to an activating group) is 1. The Morgan fingerprint density at radius 3 is 2.24 bits per heavy atom. The van der Waals surface area contributed by atoms with Gasteiger partial charge in [-0.25, -0.2) is 0 Å². The molecule has 4 aromatic rings. The zero-order chi connectivity index (χ0) is 30.0. The molecule has 8 heteroatoms. The van der Waals surface area contributed by atoms with Gasteiger partial charge in [0.2, 0.25) is 5.91 Å². The summed E-state index contributed by atoms with van der Waals surface area (Å²) in [6.07, 6.45) is 0. The number of para-hydroxylation sites is 2. The van der Waals surface area contributed by atoms with Crippen LogP contribution in [0.3, 0.4) is 0 Å². The van der Waals surface area contributed by atoms with Crippen LogP contribution in [0.5, 0.6) is 0 Å². The van der Waals surface area contributed by atoms with E-state index in [2.05, 4.69) is 16.7 Å². The van der Waals surface area contributed by atoms with E-state index in [1.54, 1.807) is 49.2 Å². The van der Waals surface area contributed by atoms with E-state index >= 15 is 0 Å².